The van der Waals surface area contributed by atoms with E-state index in [1.165, 1.54) is 49.8 Å². The van der Waals surface area contributed by atoms with Crippen LogP contribution >= 0.6 is 11.3 Å². The number of thiophene rings is 1. The van der Waals surface area contributed by atoms with Gasteiger partial charge in [-0.1, -0.05) is 66.7 Å². The molecule has 0 bridgehead atoms. The molecule has 1 heterocycles. The molecule has 0 saturated carbocycles. The number of hydrogen-bond acceptors (Lipinski definition) is 5. The van der Waals surface area contributed by atoms with Crippen LogP contribution in [0.1, 0.15) is 15.2 Å². The van der Waals surface area contributed by atoms with Gasteiger partial charge in [-0.15, -0.1) is 11.3 Å². The van der Waals surface area contributed by atoms with E-state index in [-0.39, 0.29) is 12.4 Å². The van der Waals surface area contributed by atoms with Crippen molar-refractivity contribution >= 4 is 55.0 Å². The zero-order chi connectivity index (χ0) is 26.8. The fourth-order valence-corrected chi connectivity index (χ4v) is 4.02. The van der Waals surface area contributed by atoms with E-state index in [0.717, 1.165) is 38.4 Å². The zero-order valence-corrected chi connectivity index (χ0v) is 26.3. The summed E-state index contributed by atoms with van der Waals surface area (Å²) in [7, 11) is 3.77. The van der Waals surface area contributed by atoms with Crippen LogP contribution in [0.3, 0.4) is 0 Å². The van der Waals surface area contributed by atoms with Crippen molar-refractivity contribution in [3.8, 4) is 21.6 Å². The van der Waals surface area contributed by atoms with Crippen molar-refractivity contribution in [1.29, 1.82) is 0 Å². The molecule has 0 atom stereocenters. The van der Waals surface area contributed by atoms with E-state index < -0.39 is 0 Å². The predicted molar refractivity (Wildman–Crippen MR) is 151 cm³/mol. The summed E-state index contributed by atoms with van der Waals surface area (Å²) < 4.78 is 16.4. The monoisotopic (exact) mass is 697 g/mol. The molecule has 4 rings (SSSR count). The van der Waals surface area contributed by atoms with Crippen molar-refractivity contribution in [3.63, 3.8) is 0 Å². The first-order valence-corrected chi connectivity index (χ1v) is 16.4. The molecule has 1 N–H and O–H groups in total. The molecule has 4 aromatic rings. The van der Waals surface area contributed by atoms with Gasteiger partial charge in [0.05, 0.1) is 25.6 Å². The van der Waals surface area contributed by atoms with Crippen LogP contribution in [-0.2, 0) is 16.0 Å². The molecule has 0 aliphatic carbocycles. The van der Waals surface area contributed by atoms with Gasteiger partial charge < -0.3 is 10.1 Å². The van der Waals surface area contributed by atoms with Gasteiger partial charge in [-0.3, -0.25) is 14.0 Å². The maximum absolute atomic E-state index is 11.5. The Bertz CT molecular complexity index is 1170. The number of ether oxygens (including phenoxy) is 1. The summed E-state index contributed by atoms with van der Waals surface area (Å²) in [6, 6.07) is 29.9. The van der Waals surface area contributed by atoms with Crippen LogP contribution in [0.2, 0.25) is 4.48 Å². The molecular formula is C29H31FNO3STl. The van der Waals surface area contributed by atoms with Gasteiger partial charge in [0, 0.05) is 17.6 Å². The van der Waals surface area contributed by atoms with Gasteiger partial charge in [0.15, 0.2) is 6.29 Å². The molecule has 0 fully saturated rings. The van der Waals surface area contributed by atoms with E-state index >= 15 is 0 Å². The van der Waals surface area contributed by atoms with E-state index in [0.29, 0.717) is 7.18 Å². The summed E-state index contributed by atoms with van der Waals surface area (Å²) in [5, 5.41) is 3.09. The number of hydrogen-bond donors (Lipinski definition) is 1. The van der Waals surface area contributed by atoms with E-state index in [1.807, 2.05) is 98.0 Å². The van der Waals surface area contributed by atoms with Crippen LogP contribution in [0.25, 0.3) is 21.6 Å². The molecule has 36 heavy (non-hydrogen) atoms. The Morgan fingerprint density at radius 1 is 0.917 bits per heavy atom. The van der Waals surface area contributed by atoms with Crippen LogP contribution in [0.15, 0.2) is 91.0 Å². The van der Waals surface area contributed by atoms with Crippen LogP contribution < -0.4 is 5.32 Å². The van der Waals surface area contributed by atoms with Gasteiger partial charge in [-0.05, 0) is 46.5 Å². The first-order chi connectivity index (χ1) is 17.6. The average molecular weight is 697 g/mol. The maximum atomic E-state index is 11.5. The van der Waals surface area contributed by atoms with Crippen molar-refractivity contribution in [3.05, 3.63) is 101 Å². The fourth-order valence-electron chi connectivity index (χ4n) is 3.20. The Kier molecular flexibility index (Phi) is 16.0. The first-order valence-electron chi connectivity index (χ1n) is 11.1. The summed E-state index contributed by atoms with van der Waals surface area (Å²) in [6.45, 7) is 0. The van der Waals surface area contributed by atoms with E-state index in [2.05, 4.69) is 9.80 Å². The van der Waals surface area contributed by atoms with Crippen LogP contribution in [0, 0.1) is 0 Å². The molecule has 0 unspecified atom stereocenters. The van der Waals surface area contributed by atoms with Gasteiger partial charge in [0.2, 0.25) is 0 Å². The standard InChI is InChI=1S/C16H17NO2.C11H8OS.CH3F.CH3.Tl/c1-17-14-8-9-15(12-6-4-3-5-7-12)13(10-14)11-16(18)19-2;12-8-10-6-7-11(13-10)9-4-2-1-3-5-9;1-2;;/h3-10,17H,11H2,1-2H3;1-8H;1H3;1H3;. The van der Waals surface area contributed by atoms with Crippen molar-refractivity contribution in [2.45, 2.75) is 10.9 Å². The number of carbonyl (C=O) groups excluding carboxylic acids is 2. The minimum atomic E-state index is -0.231. The number of methoxy groups -OCH3 is 1. The second-order valence-corrected chi connectivity index (χ2v) is 8.04. The molecule has 0 spiro atoms. The number of benzene rings is 3. The van der Waals surface area contributed by atoms with E-state index in [9.17, 15) is 14.0 Å². The molecule has 0 aliphatic heterocycles. The third-order valence-electron chi connectivity index (χ3n) is 4.84. The van der Waals surface area contributed by atoms with Gasteiger partial charge >= 0.3 is 36.2 Å². The number of alkyl halides is 1. The van der Waals surface area contributed by atoms with E-state index in [1.54, 1.807) is 0 Å². The molecule has 3 aromatic carbocycles. The number of aldehydes is 1. The third-order valence-corrected chi connectivity index (χ3v) is 5.90. The molecule has 186 valence electrons. The van der Waals surface area contributed by atoms with E-state index in [4.69, 9.17) is 4.74 Å². The first kappa shape index (κ1) is 31.2. The van der Waals surface area contributed by atoms with Gasteiger partial charge in [0.25, 0.3) is 0 Å². The van der Waals surface area contributed by atoms with Gasteiger partial charge in [-0.2, -0.15) is 0 Å². The minimum absolute atomic E-state index is 0.231. The zero-order valence-electron chi connectivity index (χ0n) is 21.0. The topological polar surface area (TPSA) is 55.4 Å². The quantitative estimate of drug-likeness (QED) is 0.133. The normalized spacial score (nSPS) is 9.11. The number of rotatable bonds is 6. The molecule has 0 saturated heterocycles. The molecular weight excluding hydrogens is 666 g/mol. The molecule has 0 radical (unpaired) electrons. The Balaban J connectivity index is 0.000000332. The molecule has 4 nitrogen and oxygen atoms in total. The second-order valence-electron chi connectivity index (χ2n) is 6.93. The van der Waals surface area contributed by atoms with Crippen molar-refractivity contribution in [2.24, 2.45) is 0 Å². The van der Waals surface area contributed by atoms with Gasteiger partial charge in [-0.25, -0.2) is 0 Å². The summed E-state index contributed by atoms with van der Waals surface area (Å²) >= 11 is 2.68. The van der Waals surface area contributed by atoms with Gasteiger partial charge in [0.1, 0.15) is 0 Å². The Labute approximate surface area is 233 Å². The summed E-state index contributed by atoms with van der Waals surface area (Å²) in [4.78, 5) is 23.9. The SMILES string of the molecule is CF.CNc1ccc(-c2ccccc2)c(CC(=O)OC)c1.O=Cc1ccc(-c2ccccc2)s1.[CH3][Tl]. The molecule has 0 aliphatic rings. The third kappa shape index (κ3) is 10.0. The van der Waals surface area contributed by atoms with Crippen molar-refractivity contribution < 1.29 is 18.7 Å². The van der Waals surface area contributed by atoms with Crippen LogP contribution in [0.4, 0.5) is 10.1 Å². The fraction of sp³-hybridized carbons (Fsp3) is 0.172. The van der Waals surface area contributed by atoms with Crippen LogP contribution in [-0.4, -0.2) is 59.4 Å². The summed E-state index contributed by atoms with van der Waals surface area (Å²) in [6.07, 6.45) is 1.16. The second kappa shape index (κ2) is 18.4. The number of anilines is 1. The Morgan fingerprint density at radius 2 is 1.50 bits per heavy atom. The Morgan fingerprint density at radius 3 is 2.00 bits per heavy atom. The molecule has 7 heteroatoms. The average Bonchev–Trinajstić information content (AvgIpc) is 3.46. The van der Waals surface area contributed by atoms with Crippen LogP contribution in [0.5, 0.6) is 0 Å². The summed E-state index contributed by atoms with van der Waals surface area (Å²) in [5.74, 6) is -0.231. The number of carbonyl (C=O) groups is 2. The van der Waals surface area contributed by atoms with Crippen molar-refractivity contribution in [2.75, 3.05) is 26.7 Å². The summed E-state index contributed by atoms with van der Waals surface area (Å²) in [5.41, 5.74) is 5.28. The molecule has 0 amide bonds. The number of halogens is 1. The Hall–Kier alpha value is -2.85. The predicted octanol–water partition coefficient (Wildman–Crippen LogP) is 7.13. The number of nitrogens with one attached hydrogen (secondary N) is 1. The molecule has 1 aromatic heterocycles. The van der Waals surface area contributed by atoms with Crippen molar-refractivity contribution in [1.82, 2.24) is 0 Å². The number of esters is 1.